The van der Waals surface area contributed by atoms with Crippen LogP contribution in [0.5, 0.6) is 0 Å². The zero-order chi connectivity index (χ0) is 24.8. The molecule has 2 aromatic rings. The Hall–Kier alpha value is -2.28. The fourth-order valence-electron chi connectivity index (χ4n) is 6.05. The van der Waals surface area contributed by atoms with Crippen LogP contribution in [0.4, 0.5) is 4.39 Å². The molecule has 1 aliphatic carbocycles. The van der Waals surface area contributed by atoms with Gasteiger partial charge in [-0.15, -0.1) is 0 Å². The van der Waals surface area contributed by atoms with Gasteiger partial charge < -0.3 is 20.5 Å². The van der Waals surface area contributed by atoms with Crippen molar-refractivity contribution in [1.82, 2.24) is 4.90 Å². The quantitative estimate of drug-likeness (QED) is 0.501. The van der Waals surface area contributed by atoms with Crippen LogP contribution < -0.4 is 5.73 Å². The smallest absolute Gasteiger partial charge is 0.225 e. The van der Waals surface area contributed by atoms with Gasteiger partial charge in [-0.1, -0.05) is 42.5 Å². The van der Waals surface area contributed by atoms with E-state index in [2.05, 4.69) is 0 Å². The summed E-state index contributed by atoms with van der Waals surface area (Å²) in [7, 11) is 1.67. The topological polar surface area (TPSA) is 75.8 Å². The Kier molecular flexibility index (Phi) is 8.58. The van der Waals surface area contributed by atoms with E-state index >= 15 is 4.39 Å². The molecule has 0 spiro atoms. The number of carbonyl (C=O) groups is 1. The molecule has 3 N–H and O–H groups in total. The molecule has 5 nitrogen and oxygen atoms in total. The van der Waals surface area contributed by atoms with Crippen molar-refractivity contribution < 1.29 is 19.0 Å². The third-order valence-electron chi connectivity index (χ3n) is 7.93. The first-order valence-electron chi connectivity index (χ1n) is 13.0. The van der Waals surface area contributed by atoms with Crippen LogP contribution in [0.15, 0.2) is 48.5 Å². The number of methoxy groups -OCH3 is 1. The molecule has 1 aliphatic heterocycles. The summed E-state index contributed by atoms with van der Waals surface area (Å²) >= 11 is 0. The van der Waals surface area contributed by atoms with E-state index in [4.69, 9.17) is 10.5 Å². The van der Waals surface area contributed by atoms with Gasteiger partial charge in [0, 0.05) is 50.2 Å². The van der Waals surface area contributed by atoms with Crippen molar-refractivity contribution in [2.75, 3.05) is 26.8 Å². The number of unbranched alkanes of at least 4 members (excludes halogenated alkanes) is 1. The Morgan fingerprint density at radius 1 is 1.14 bits per heavy atom. The Balaban J connectivity index is 1.67. The highest BCUT2D eigenvalue weighted by molar-refractivity contribution is 5.79. The van der Waals surface area contributed by atoms with Crippen LogP contribution in [0.1, 0.15) is 56.9 Å². The van der Waals surface area contributed by atoms with E-state index in [1.54, 1.807) is 13.2 Å². The third-order valence-corrected chi connectivity index (χ3v) is 7.93. The summed E-state index contributed by atoms with van der Waals surface area (Å²) in [5, 5.41) is 12.4. The molecule has 0 aromatic heterocycles. The number of rotatable bonds is 9. The van der Waals surface area contributed by atoms with Crippen molar-refractivity contribution >= 4 is 5.91 Å². The summed E-state index contributed by atoms with van der Waals surface area (Å²) in [5.74, 6) is -0.380. The number of nitrogens with two attached hydrogens (primary N) is 1. The molecule has 4 atom stereocenters. The van der Waals surface area contributed by atoms with Crippen LogP contribution in [-0.4, -0.2) is 48.8 Å². The molecule has 1 saturated heterocycles. The SMILES string of the molecule is COCCCCC(O)(c1cccc(F)c1-c1ccccc1)C1CCCN(C(=O)C2CCC(N)C2)C1. The molecule has 35 heavy (non-hydrogen) atoms. The number of ether oxygens (including phenoxy) is 1. The van der Waals surface area contributed by atoms with Crippen LogP contribution in [0.25, 0.3) is 11.1 Å². The number of piperidine rings is 1. The van der Waals surface area contributed by atoms with Gasteiger partial charge in [0.2, 0.25) is 5.91 Å². The lowest BCUT2D eigenvalue weighted by Crippen LogP contribution is -2.49. The standard InChI is InChI=1S/C29H39FN2O3/c1-35-18-6-5-16-29(34,25-12-7-13-26(30)27(25)21-9-3-2-4-10-21)23-11-8-17-32(20-23)28(33)22-14-15-24(31)19-22/h2-4,7,9-10,12-13,22-24,34H,5-6,8,11,14-20,31H2,1H3. The Bertz CT molecular complexity index is 985. The average molecular weight is 483 g/mol. The second kappa shape index (κ2) is 11.6. The van der Waals surface area contributed by atoms with Crippen LogP contribution in [0.3, 0.4) is 0 Å². The van der Waals surface area contributed by atoms with Crippen LogP contribution in [-0.2, 0) is 15.1 Å². The Morgan fingerprint density at radius 3 is 2.66 bits per heavy atom. The first kappa shape index (κ1) is 25.8. The van der Waals surface area contributed by atoms with Gasteiger partial charge in [-0.3, -0.25) is 4.79 Å². The number of nitrogens with zero attached hydrogens (tertiary/aromatic N) is 1. The molecule has 1 heterocycles. The van der Waals surface area contributed by atoms with Crippen molar-refractivity contribution in [3.63, 3.8) is 0 Å². The summed E-state index contributed by atoms with van der Waals surface area (Å²) in [5.41, 5.74) is 6.63. The Labute approximate surface area is 208 Å². The van der Waals surface area contributed by atoms with Gasteiger partial charge in [-0.2, -0.15) is 0 Å². The van der Waals surface area contributed by atoms with E-state index in [0.29, 0.717) is 37.2 Å². The molecule has 4 unspecified atom stereocenters. The largest absolute Gasteiger partial charge is 0.385 e. The average Bonchev–Trinajstić information content (AvgIpc) is 3.32. The molecular formula is C29H39FN2O3. The molecule has 2 aromatic carbocycles. The maximum atomic E-state index is 15.3. The van der Waals surface area contributed by atoms with E-state index in [1.807, 2.05) is 41.3 Å². The summed E-state index contributed by atoms with van der Waals surface area (Å²) in [6.07, 6.45) is 6.13. The third kappa shape index (κ3) is 5.76. The van der Waals surface area contributed by atoms with Gasteiger partial charge in [-0.25, -0.2) is 4.39 Å². The molecule has 1 amide bonds. The maximum Gasteiger partial charge on any atom is 0.225 e. The van der Waals surface area contributed by atoms with Gasteiger partial charge in [-0.05, 0) is 68.6 Å². The molecule has 0 bridgehead atoms. The number of benzene rings is 2. The number of hydrogen-bond acceptors (Lipinski definition) is 4. The molecule has 6 heteroatoms. The Morgan fingerprint density at radius 2 is 1.94 bits per heavy atom. The number of aliphatic hydroxyl groups is 1. The number of amides is 1. The predicted molar refractivity (Wildman–Crippen MR) is 136 cm³/mol. The van der Waals surface area contributed by atoms with Gasteiger partial charge in [0.05, 0.1) is 5.60 Å². The summed E-state index contributed by atoms with van der Waals surface area (Å²) in [6.45, 7) is 1.80. The summed E-state index contributed by atoms with van der Waals surface area (Å²) in [6, 6.07) is 14.5. The molecule has 190 valence electrons. The van der Waals surface area contributed by atoms with Crippen molar-refractivity contribution in [2.24, 2.45) is 17.6 Å². The minimum Gasteiger partial charge on any atom is -0.385 e. The highest BCUT2D eigenvalue weighted by Gasteiger charge is 2.44. The first-order valence-corrected chi connectivity index (χ1v) is 13.0. The normalized spacial score (nSPS) is 24.3. The lowest BCUT2D eigenvalue weighted by Gasteiger charge is -2.44. The van der Waals surface area contributed by atoms with Crippen molar-refractivity contribution in [3.05, 3.63) is 59.9 Å². The number of likely N-dealkylation sites (tertiary alicyclic amines) is 1. The van der Waals surface area contributed by atoms with Crippen molar-refractivity contribution in [2.45, 2.75) is 63.0 Å². The highest BCUT2D eigenvalue weighted by Crippen LogP contribution is 2.44. The van der Waals surface area contributed by atoms with E-state index < -0.39 is 5.60 Å². The van der Waals surface area contributed by atoms with Gasteiger partial charge in [0.15, 0.2) is 0 Å². The predicted octanol–water partition coefficient (Wildman–Crippen LogP) is 4.86. The van der Waals surface area contributed by atoms with Gasteiger partial charge in [0.25, 0.3) is 0 Å². The van der Waals surface area contributed by atoms with Crippen LogP contribution in [0, 0.1) is 17.7 Å². The fourth-order valence-corrected chi connectivity index (χ4v) is 6.05. The fraction of sp³-hybridized carbons (Fsp3) is 0.552. The lowest BCUT2D eigenvalue weighted by atomic mass is 9.72. The highest BCUT2D eigenvalue weighted by atomic mass is 19.1. The zero-order valence-electron chi connectivity index (χ0n) is 20.8. The zero-order valence-corrected chi connectivity index (χ0v) is 20.8. The first-order chi connectivity index (χ1) is 16.9. The molecule has 4 rings (SSSR count). The number of hydrogen-bond donors (Lipinski definition) is 2. The molecule has 2 fully saturated rings. The minimum absolute atomic E-state index is 0.0207. The van der Waals surface area contributed by atoms with Gasteiger partial charge in [0.1, 0.15) is 5.82 Å². The number of carbonyl (C=O) groups excluding carboxylic acids is 1. The van der Waals surface area contributed by atoms with E-state index in [0.717, 1.165) is 50.5 Å². The molecule has 0 radical (unpaired) electrons. The second-order valence-corrected chi connectivity index (χ2v) is 10.3. The van der Waals surface area contributed by atoms with Crippen LogP contribution in [0.2, 0.25) is 0 Å². The summed E-state index contributed by atoms with van der Waals surface area (Å²) in [4.78, 5) is 15.2. The second-order valence-electron chi connectivity index (χ2n) is 10.3. The number of halogens is 1. The van der Waals surface area contributed by atoms with E-state index in [-0.39, 0.29) is 29.6 Å². The van der Waals surface area contributed by atoms with Crippen molar-refractivity contribution in [1.29, 1.82) is 0 Å². The van der Waals surface area contributed by atoms with Crippen LogP contribution >= 0.6 is 0 Å². The van der Waals surface area contributed by atoms with E-state index in [9.17, 15) is 9.90 Å². The lowest BCUT2D eigenvalue weighted by molar-refractivity contribution is -0.140. The minimum atomic E-state index is -1.26. The molecule has 1 saturated carbocycles. The van der Waals surface area contributed by atoms with Gasteiger partial charge >= 0.3 is 0 Å². The maximum absolute atomic E-state index is 15.3. The molecule has 2 aliphatic rings. The van der Waals surface area contributed by atoms with Crippen molar-refractivity contribution in [3.8, 4) is 11.1 Å². The van der Waals surface area contributed by atoms with E-state index in [1.165, 1.54) is 6.07 Å². The monoisotopic (exact) mass is 482 g/mol. The molecular weight excluding hydrogens is 443 g/mol. The summed E-state index contributed by atoms with van der Waals surface area (Å²) < 4.78 is 20.5.